The molecule has 0 aliphatic carbocycles. The third kappa shape index (κ3) is 2.85. The molecule has 0 fully saturated rings. The van der Waals surface area contributed by atoms with Crippen molar-refractivity contribution in [3.8, 4) is 11.5 Å². The van der Waals surface area contributed by atoms with E-state index in [2.05, 4.69) is 10.3 Å². The Morgan fingerprint density at radius 2 is 1.86 bits per heavy atom. The minimum atomic E-state index is -4.35. The number of alkyl halides is 3. The largest absolute Gasteiger partial charge is 0.455 e. The van der Waals surface area contributed by atoms with E-state index in [0.717, 1.165) is 27.2 Å². The van der Waals surface area contributed by atoms with Gasteiger partial charge in [-0.3, -0.25) is 4.98 Å². The molecular formula is C15H11F3N2OS. The Morgan fingerprint density at radius 1 is 1.14 bits per heavy atom. The number of hydrogen-bond donors (Lipinski definition) is 1. The van der Waals surface area contributed by atoms with Gasteiger partial charge in [-0.2, -0.15) is 13.2 Å². The first-order valence-corrected chi connectivity index (χ1v) is 7.19. The van der Waals surface area contributed by atoms with Gasteiger partial charge >= 0.3 is 6.18 Å². The average molecular weight is 324 g/mol. The number of aromatic nitrogens is 1. The Balaban J connectivity index is 1.91. The van der Waals surface area contributed by atoms with Gasteiger partial charge in [0.15, 0.2) is 5.75 Å². The number of ether oxygens (including phenoxy) is 1. The molecule has 2 heterocycles. The van der Waals surface area contributed by atoms with Crippen LogP contribution in [0.15, 0.2) is 42.7 Å². The number of hydrogen-bond acceptors (Lipinski definition) is 4. The second-order valence-electron chi connectivity index (χ2n) is 4.53. The van der Waals surface area contributed by atoms with Gasteiger partial charge in [-0.05, 0) is 30.3 Å². The molecule has 0 saturated heterocycles. The van der Waals surface area contributed by atoms with Crippen LogP contribution in [0.4, 0.5) is 18.2 Å². The van der Waals surface area contributed by atoms with Crippen molar-refractivity contribution in [2.45, 2.75) is 6.18 Å². The summed E-state index contributed by atoms with van der Waals surface area (Å²) < 4.78 is 44.2. The monoisotopic (exact) mass is 324 g/mol. The molecule has 1 aromatic carbocycles. The molecule has 3 rings (SSSR count). The topological polar surface area (TPSA) is 34.1 Å². The summed E-state index contributed by atoms with van der Waals surface area (Å²) in [5.41, 5.74) is -0.704. The van der Waals surface area contributed by atoms with E-state index in [1.807, 2.05) is 13.1 Å². The van der Waals surface area contributed by atoms with Crippen molar-refractivity contribution in [2.75, 3.05) is 12.4 Å². The zero-order valence-corrected chi connectivity index (χ0v) is 12.3. The summed E-state index contributed by atoms with van der Waals surface area (Å²) in [6.45, 7) is 0. The van der Waals surface area contributed by atoms with Crippen LogP contribution in [-0.2, 0) is 6.18 Å². The van der Waals surface area contributed by atoms with Gasteiger partial charge in [0.1, 0.15) is 5.75 Å². The maximum absolute atomic E-state index is 12.5. The van der Waals surface area contributed by atoms with Crippen molar-refractivity contribution in [3.63, 3.8) is 0 Å². The van der Waals surface area contributed by atoms with E-state index in [9.17, 15) is 13.2 Å². The van der Waals surface area contributed by atoms with E-state index in [-0.39, 0.29) is 0 Å². The summed E-state index contributed by atoms with van der Waals surface area (Å²) in [5, 5.41) is 4.87. The second kappa shape index (κ2) is 5.49. The van der Waals surface area contributed by atoms with Gasteiger partial charge < -0.3 is 10.1 Å². The summed E-state index contributed by atoms with van der Waals surface area (Å²) in [6, 6.07) is 6.51. The standard InChI is InChI=1S/C15H11F3N2OS/c1-19-14-6-11-12(7-20-8-13(11)22-14)21-10-4-2-9(3-5-10)15(16,17)18/h2-8,19H,1H3. The molecule has 2 aromatic heterocycles. The minimum Gasteiger partial charge on any atom is -0.455 e. The number of thiophene rings is 1. The first-order chi connectivity index (χ1) is 10.5. The van der Waals surface area contributed by atoms with Crippen LogP contribution in [0.2, 0.25) is 0 Å². The smallest absolute Gasteiger partial charge is 0.416 e. The fourth-order valence-corrected chi connectivity index (χ4v) is 2.88. The quantitative estimate of drug-likeness (QED) is 0.723. The van der Waals surface area contributed by atoms with Gasteiger partial charge in [-0.1, -0.05) is 0 Å². The molecule has 0 aliphatic heterocycles. The van der Waals surface area contributed by atoms with Gasteiger partial charge in [-0.25, -0.2) is 0 Å². The molecule has 114 valence electrons. The van der Waals surface area contributed by atoms with Crippen LogP contribution in [0.3, 0.4) is 0 Å². The molecule has 22 heavy (non-hydrogen) atoms. The summed E-state index contributed by atoms with van der Waals surface area (Å²) in [7, 11) is 1.81. The molecule has 0 saturated carbocycles. The van der Waals surface area contributed by atoms with Gasteiger partial charge in [0, 0.05) is 18.6 Å². The third-order valence-corrected chi connectivity index (χ3v) is 4.15. The van der Waals surface area contributed by atoms with E-state index >= 15 is 0 Å². The predicted molar refractivity (Wildman–Crippen MR) is 80.7 cm³/mol. The summed E-state index contributed by atoms with van der Waals surface area (Å²) in [4.78, 5) is 4.09. The van der Waals surface area contributed by atoms with Gasteiger partial charge in [0.25, 0.3) is 0 Å². The number of benzene rings is 1. The van der Waals surface area contributed by atoms with Crippen molar-refractivity contribution in [1.82, 2.24) is 4.98 Å². The lowest BCUT2D eigenvalue weighted by molar-refractivity contribution is -0.137. The molecule has 0 spiro atoms. The number of pyridine rings is 1. The minimum absolute atomic E-state index is 0.333. The van der Waals surface area contributed by atoms with E-state index in [1.165, 1.54) is 23.5 Å². The van der Waals surface area contributed by atoms with Crippen molar-refractivity contribution in [2.24, 2.45) is 0 Å². The average Bonchev–Trinajstić information content (AvgIpc) is 2.91. The Bertz CT molecular complexity index is 797. The summed E-state index contributed by atoms with van der Waals surface area (Å²) in [6.07, 6.45) is -1.08. The predicted octanol–water partition coefficient (Wildman–Crippen LogP) is 5.15. The SMILES string of the molecule is CNc1cc2c(Oc3ccc(C(F)(F)F)cc3)cncc2s1. The Hall–Kier alpha value is -2.28. The number of nitrogens with zero attached hydrogens (tertiary/aromatic N) is 1. The number of fused-ring (bicyclic) bond motifs is 1. The first-order valence-electron chi connectivity index (χ1n) is 6.38. The fourth-order valence-electron chi connectivity index (χ4n) is 1.98. The molecule has 0 radical (unpaired) electrons. The van der Waals surface area contributed by atoms with Crippen LogP contribution in [-0.4, -0.2) is 12.0 Å². The highest BCUT2D eigenvalue weighted by molar-refractivity contribution is 7.22. The summed E-state index contributed by atoms with van der Waals surface area (Å²) in [5.74, 6) is 0.842. The number of halogens is 3. The first kappa shape index (κ1) is 14.6. The number of nitrogens with one attached hydrogen (secondary N) is 1. The molecule has 3 aromatic rings. The molecule has 0 amide bonds. The lowest BCUT2D eigenvalue weighted by atomic mass is 10.2. The Labute approximate surface area is 128 Å². The Kier molecular flexibility index (Phi) is 3.66. The lowest BCUT2D eigenvalue weighted by Crippen LogP contribution is -2.04. The van der Waals surface area contributed by atoms with E-state index < -0.39 is 11.7 Å². The van der Waals surface area contributed by atoms with Crippen LogP contribution in [0.25, 0.3) is 10.1 Å². The van der Waals surface area contributed by atoms with Crippen LogP contribution in [0, 0.1) is 0 Å². The zero-order valence-electron chi connectivity index (χ0n) is 11.4. The molecule has 1 N–H and O–H groups in total. The normalized spacial score (nSPS) is 11.6. The highest BCUT2D eigenvalue weighted by atomic mass is 32.1. The molecule has 7 heteroatoms. The number of rotatable bonds is 3. The molecule has 3 nitrogen and oxygen atoms in total. The molecular weight excluding hydrogens is 313 g/mol. The molecule has 0 unspecified atom stereocenters. The zero-order chi connectivity index (χ0) is 15.7. The van der Waals surface area contributed by atoms with Crippen LogP contribution in [0.1, 0.15) is 5.56 Å². The van der Waals surface area contributed by atoms with E-state index in [0.29, 0.717) is 11.5 Å². The van der Waals surface area contributed by atoms with E-state index in [1.54, 1.807) is 12.4 Å². The Morgan fingerprint density at radius 3 is 2.50 bits per heavy atom. The lowest BCUT2D eigenvalue weighted by Gasteiger charge is -2.09. The molecule has 0 aliphatic rings. The van der Waals surface area contributed by atoms with Gasteiger partial charge in [0.05, 0.1) is 21.5 Å². The van der Waals surface area contributed by atoms with Crippen molar-refractivity contribution in [3.05, 3.63) is 48.3 Å². The van der Waals surface area contributed by atoms with Crippen molar-refractivity contribution < 1.29 is 17.9 Å². The fraction of sp³-hybridized carbons (Fsp3) is 0.133. The second-order valence-corrected chi connectivity index (χ2v) is 5.62. The van der Waals surface area contributed by atoms with Gasteiger partial charge in [0.2, 0.25) is 0 Å². The van der Waals surface area contributed by atoms with Crippen molar-refractivity contribution in [1.29, 1.82) is 0 Å². The summed E-state index contributed by atoms with van der Waals surface area (Å²) >= 11 is 1.53. The van der Waals surface area contributed by atoms with Gasteiger partial charge in [-0.15, -0.1) is 11.3 Å². The van der Waals surface area contributed by atoms with Crippen molar-refractivity contribution >= 4 is 26.4 Å². The number of anilines is 1. The highest BCUT2D eigenvalue weighted by Crippen LogP contribution is 2.37. The third-order valence-electron chi connectivity index (χ3n) is 3.07. The van der Waals surface area contributed by atoms with Crippen LogP contribution < -0.4 is 10.1 Å². The van der Waals surface area contributed by atoms with E-state index in [4.69, 9.17) is 4.74 Å². The van der Waals surface area contributed by atoms with Crippen LogP contribution in [0.5, 0.6) is 11.5 Å². The molecule has 0 bridgehead atoms. The maximum Gasteiger partial charge on any atom is 0.416 e. The highest BCUT2D eigenvalue weighted by Gasteiger charge is 2.30. The van der Waals surface area contributed by atoms with Crippen LogP contribution >= 0.6 is 11.3 Å². The maximum atomic E-state index is 12.5. The molecule has 0 atom stereocenters.